The Labute approximate surface area is 109 Å². The van der Waals surface area contributed by atoms with Gasteiger partial charge in [-0.2, -0.15) is 0 Å². The normalized spacial score (nSPS) is 10.5. The zero-order valence-electron chi connectivity index (χ0n) is 11.3. The molecule has 0 heterocycles. The number of likely N-dealkylation sites (N-methyl/N-ethyl adjacent to an activating group) is 1. The quantitative estimate of drug-likeness (QED) is 0.844. The summed E-state index contributed by atoms with van der Waals surface area (Å²) in [7, 11) is 0. The molecule has 0 fully saturated rings. The maximum absolute atomic E-state index is 11.9. The molecule has 0 aliphatic rings. The van der Waals surface area contributed by atoms with Gasteiger partial charge in [-0.25, -0.2) is 4.79 Å². The number of hydrogen-bond acceptors (Lipinski definition) is 2. The summed E-state index contributed by atoms with van der Waals surface area (Å²) in [6.07, 6.45) is 0. The third kappa shape index (κ3) is 4.04. The summed E-state index contributed by atoms with van der Waals surface area (Å²) in [5, 5.41) is 11.7. The topological polar surface area (TPSA) is 52.6 Å². The molecule has 1 aromatic carbocycles. The fraction of sp³-hybridized carbons (Fsp3) is 0.500. The highest BCUT2D eigenvalue weighted by molar-refractivity contribution is 5.89. The minimum absolute atomic E-state index is 0.0205. The summed E-state index contributed by atoms with van der Waals surface area (Å²) in [4.78, 5) is 13.5. The molecule has 0 spiro atoms. The lowest BCUT2D eigenvalue weighted by Crippen LogP contribution is -2.36. The lowest BCUT2D eigenvalue weighted by Gasteiger charge is -2.20. The predicted molar refractivity (Wildman–Crippen MR) is 73.9 cm³/mol. The molecule has 2 N–H and O–H groups in total. The smallest absolute Gasteiger partial charge is 0.321 e. The lowest BCUT2D eigenvalue weighted by molar-refractivity contribution is 0.192. The van der Waals surface area contributed by atoms with Crippen LogP contribution in [0.25, 0.3) is 0 Å². The second-order valence-corrected chi connectivity index (χ2v) is 4.51. The second-order valence-electron chi connectivity index (χ2n) is 4.51. The van der Waals surface area contributed by atoms with E-state index in [1.165, 1.54) is 5.56 Å². The molecule has 0 saturated heterocycles. The Kier molecular flexibility index (Phi) is 5.65. The zero-order chi connectivity index (χ0) is 13.5. The van der Waals surface area contributed by atoms with Crippen LogP contribution in [0.4, 0.5) is 10.5 Å². The van der Waals surface area contributed by atoms with E-state index in [1.807, 2.05) is 31.2 Å². The van der Waals surface area contributed by atoms with E-state index in [0.717, 1.165) is 5.69 Å². The Hall–Kier alpha value is -1.55. The van der Waals surface area contributed by atoms with Crippen molar-refractivity contribution in [3.8, 4) is 0 Å². The maximum atomic E-state index is 11.9. The second kappa shape index (κ2) is 7.01. The van der Waals surface area contributed by atoms with Crippen molar-refractivity contribution in [3.05, 3.63) is 29.8 Å². The number of hydrogen-bond donors (Lipinski definition) is 2. The van der Waals surface area contributed by atoms with Gasteiger partial charge in [0.1, 0.15) is 0 Å². The molecular weight excluding hydrogens is 228 g/mol. The van der Waals surface area contributed by atoms with E-state index >= 15 is 0 Å². The monoisotopic (exact) mass is 250 g/mol. The molecule has 4 heteroatoms. The number of amides is 2. The molecule has 0 aliphatic carbocycles. The van der Waals surface area contributed by atoms with Gasteiger partial charge >= 0.3 is 6.03 Å². The molecule has 0 aromatic heterocycles. The number of aliphatic hydroxyl groups is 1. The third-order valence-corrected chi connectivity index (χ3v) is 2.84. The van der Waals surface area contributed by atoms with E-state index in [0.29, 0.717) is 19.0 Å². The number of carbonyl (C=O) groups is 1. The number of carbonyl (C=O) groups excluding carboxylic acids is 1. The Bertz CT molecular complexity index is 391. The molecule has 0 bridgehead atoms. The van der Waals surface area contributed by atoms with Crippen molar-refractivity contribution >= 4 is 11.7 Å². The van der Waals surface area contributed by atoms with Crippen molar-refractivity contribution in [2.45, 2.75) is 26.7 Å². The molecule has 1 aromatic rings. The highest BCUT2D eigenvalue weighted by Gasteiger charge is 2.11. The van der Waals surface area contributed by atoms with Crippen molar-refractivity contribution in [1.29, 1.82) is 0 Å². The number of aliphatic hydroxyl groups excluding tert-OH is 1. The van der Waals surface area contributed by atoms with Crippen molar-refractivity contribution in [3.63, 3.8) is 0 Å². The average Bonchev–Trinajstić information content (AvgIpc) is 2.36. The summed E-state index contributed by atoms with van der Waals surface area (Å²) in [6, 6.07) is 7.66. The van der Waals surface area contributed by atoms with Crippen LogP contribution in [0.2, 0.25) is 0 Å². The molecular formula is C14H22N2O2. The Morgan fingerprint density at radius 1 is 1.44 bits per heavy atom. The van der Waals surface area contributed by atoms with Crippen LogP contribution in [0.5, 0.6) is 0 Å². The summed E-state index contributed by atoms with van der Waals surface area (Å²) in [5.74, 6) is 0.432. The van der Waals surface area contributed by atoms with E-state index in [4.69, 9.17) is 5.11 Å². The van der Waals surface area contributed by atoms with Gasteiger partial charge < -0.3 is 15.3 Å². The molecule has 100 valence electrons. The van der Waals surface area contributed by atoms with Crippen LogP contribution < -0.4 is 5.32 Å². The maximum Gasteiger partial charge on any atom is 0.321 e. The predicted octanol–water partition coefficient (Wildman–Crippen LogP) is 2.66. The van der Waals surface area contributed by atoms with Crippen LogP contribution in [0.1, 0.15) is 32.3 Å². The number of anilines is 1. The number of urea groups is 1. The number of rotatable bonds is 5. The summed E-state index contributed by atoms with van der Waals surface area (Å²) < 4.78 is 0. The van der Waals surface area contributed by atoms with Crippen LogP contribution in [0.15, 0.2) is 24.3 Å². The first-order valence-electron chi connectivity index (χ1n) is 6.35. The summed E-state index contributed by atoms with van der Waals surface area (Å²) in [5.41, 5.74) is 1.99. The largest absolute Gasteiger partial charge is 0.395 e. The van der Waals surface area contributed by atoms with Gasteiger partial charge in [-0.15, -0.1) is 0 Å². The van der Waals surface area contributed by atoms with Crippen LogP contribution in [-0.2, 0) is 0 Å². The third-order valence-electron chi connectivity index (χ3n) is 2.84. The average molecular weight is 250 g/mol. The van der Waals surface area contributed by atoms with Gasteiger partial charge in [-0.1, -0.05) is 26.0 Å². The Morgan fingerprint density at radius 3 is 2.72 bits per heavy atom. The standard InChI is InChI=1S/C14H22N2O2/c1-4-16(8-9-17)14(18)15-13-7-5-6-12(10-13)11(2)3/h5-7,10-11,17H,4,8-9H2,1-3H3,(H,15,18). The van der Waals surface area contributed by atoms with E-state index in [1.54, 1.807) is 4.90 Å². The van der Waals surface area contributed by atoms with Gasteiger partial charge in [0, 0.05) is 18.8 Å². The molecule has 0 aliphatic heterocycles. The van der Waals surface area contributed by atoms with E-state index in [-0.39, 0.29) is 12.6 Å². The van der Waals surface area contributed by atoms with Crippen LogP contribution >= 0.6 is 0 Å². The SMILES string of the molecule is CCN(CCO)C(=O)Nc1cccc(C(C)C)c1. The minimum atomic E-state index is -0.174. The molecule has 0 unspecified atom stereocenters. The number of benzene rings is 1. The van der Waals surface area contributed by atoms with Crippen LogP contribution in [-0.4, -0.2) is 35.7 Å². The number of nitrogens with one attached hydrogen (secondary N) is 1. The van der Waals surface area contributed by atoms with Gasteiger partial charge in [-0.3, -0.25) is 0 Å². The first-order chi connectivity index (χ1) is 8.58. The zero-order valence-corrected chi connectivity index (χ0v) is 11.3. The van der Waals surface area contributed by atoms with Gasteiger partial charge in [0.05, 0.1) is 6.61 Å². The molecule has 2 amide bonds. The summed E-state index contributed by atoms with van der Waals surface area (Å²) >= 11 is 0. The fourth-order valence-corrected chi connectivity index (χ4v) is 1.70. The van der Waals surface area contributed by atoms with E-state index < -0.39 is 0 Å². The first kappa shape index (κ1) is 14.5. The van der Waals surface area contributed by atoms with Gasteiger partial charge in [0.2, 0.25) is 0 Å². The molecule has 0 radical (unpaired) electrons. The van der Waals surface area contributed by atoms with Crippen molar-refractivity contribution in [2.24, 2.45) is 0 Å². The first-order valence-corrected chi connectivity index (χ1v) is 6.35. The van der Waals surface area contributed by atoms with Crippen LogP contribution in [0, 0.1) is 0 Å². The molecule has 1 rings (SSSR count). The van der Waals surface area contributed by atoms with E-state index in [2.05, 4.69) is 19.2 Å². The summed E-state index contributed by atoms with van der Waals surface area (Å²) in [6.45, 7) is 7.03. The highest BCUT2D eigenvalue weighted by atomic mass is 16.3. The number of nitrogens with zero attached hydrogens (tertiary/aromatic N) is 1. The van der Waals surface area contributed by atoms with Crippen molar-refractivity contribution < 1.29 is 9.90 Å². The van der Waals surface area contributed by atoms with Crippen LogP contribution in [0.3, 0.4) is 0 Å². The Morgan fingerprint density at radius 2 is 2.17 bits per heavy atom. The molecule has 0 atom stereocenters. The molecule has 4 nitrogen and oxygen atoms in total. The fourth-order valence-electron chi connectivity index (χ4n) is 1.70. The molecule has 18 heavy (non-hydrogen) atoms. The van der Waals surface area contributed by atoms with Gasteiger partial charge in [0.25, 0.3) is 0 Å². The van der Waals surface area contributed by atoms with Crippen molar-refractivity contribution in [1.82, 2.24) is 4.90 Å². The lowest BCUT2D eigenvalue weighted by atomic mass is 10.0. The highest BCUT2D eigenvalue weighted by Crippen LogP contribution is 2.18. The Balaban J connectivity index is 2.71. The van der Waals surface area contributed by atoms with E-state index in [9.17, 15) is 4.79 Å². The van der Waals surface area contributed by atoms with Crippen molar-refractivity contribution in [2.75, 3.05) is 25.0 Å². The van der Waals surface area contributed by atoms with Gasteiger partial charge in [0.15, 0.2) is 0 Å². The van der Waals surface area contributed by atoms with Gasteiger partial charge in [-0.05, 0) is 30.5 Å². The molecule has 0 saturated carbocycles. The minimum Gasteiger partial charge on any atom is -0.395 e.